The van der Waals surface area contributed by atoms with Crippen LogP contribution < -0.4 is 9.47 Å². The van der Waals surface area contributed by atoms with Crippen LogP contribution in [-0.2, 0) is 6.42 Å². The van der Waals surface area contributed by atoms with Crippen LogP contribution in [0.15, 0.2) is 77.0 Å². The highest BCUT2D eigenvalue weighted by atomic mass is 32.2. The number of aryl methyl sites for hydroxylation is 1. The highest BCUT2D eigenvalue weighted by Crippen LogP contribution is 2.35. The summed E-state index contributed by atoms with van der Waals surface area (Å²) < 4.78 is 12.2. The van der Waals surface area contributed by atoms with Gasteiger partial charge in [0.25, 0.3) is 0 Å². The largest absolute Gasteiger partial charge is 0.491 e. The van der Waals surface area contributed by atoms with E-state index >= 15 is 0 Å². The summed E-state index contributed by atoms with van der Waals surface area (Å²) in [6, 6.07) is 16.3. The van der Waals surface area contributed by atoms with Crippen molar-refractivity contribution in [2.75, 3.05) is 6.61 Å². The smallest absolute Gasteiger partial charge is 0.151 e. The first-order valence-corrected chi connectivity index (χ1v) is 11.1. The van der Waals surface area contributed by atoms with Gasteiger partial charge in [-0.15, -0.1) is 0 Å². The van der Waals surface area contributed by atoms with E-state index in [1.807, 2.05) is 55.0 Å². The van der Waals surface area contributed by atoms with Gasteiger partial charge in [0.15, 0.2) is 5.75 Å². The first kappa shape index (κ1) is 19.8. The van der Waals surface area contributed by atoms with Crippen LogP contribution in [0.4, 0.5) is 0 Å². The molecule has 4 nitrogen and oxygen atoms in total. The van der Waals surface area contributed by atoms with Crippen molar-refractivity contribution in [1.82, 2.24) is 9.97 Å². The topological polar surface area (TPSA) is 44.2 Å². The number of hydrogen-bond acceptors (Lipinski definition) is 5. The van der Waals surface area contributed by atoms with Gasteiger partial charge in [0.1, 0.15) is 10.8 Å². The van der Waals surface area contributed by atoms with Crippen molar-refractivity contribution < 1.29 is 9.47 Å². The molecule has 0 bridgehead atoms. The molecule has 3 aromatic rings. The predicted molar refractivity (Wildman–Crippen MR) is 116 cm³/mol. The van der Waals surface area contributed by atoms with Gasteiger partial charge in [-0.05, 0) is 86.6 Å². The van der Waals surface area contributed by atoms with Gasteiger partial charge in [-0.3, -0.25) is 4.98 Å². The van der Waals surface area contributed by atoms with Crippen LogP contribution in [0.3, 0.4) is 0 Å². The number of nitrogens with zero attached hydrogens (tertiary/aromatic N) is 2. The summed E-state index contributed by atoms with van der Waals surface area (Å²) in [6.45, 7) is 0.659. The van der Waals surface area contributed by atoms with Crippen molar-refractivity contribution in [2.45, 2.75) is 54.6 Å². The molecule has 29 heavy (non-hydrogen) atoms. The van der Waals surface area contributed by atoms with Crippen LogP contribution in [0.25, 0.3) is 0 Å². The van der Waals surface area contributed by atoms with E-state index in [1.165, 1.54) is 18.4 Å². The third-order valence-electron chi connectivity index (χ3n) is 4.98. The van der Waals surface area contributed by atoms with Crippen molar-refractivity contribution >= 4 is 11.8 Å². The van der Waals surface area contributed by atoms with Gasteiger partial charge in [0.05, 0.1) is 12.7 Å². The zero-order valence-electron chi connectivity index (χ0n) is 16.5. The Morgan fingerprint density at radius 3 is 2.69 bits per heavy atom. The Morgan fingerprint density at radius 1 is 0.966 bits per heavy atom. The molecule has 1 aliphatic rings. The Balaban J connectivity index is 1.34. The average Bonchev–Trinajstić information content (AvgIpc) is 3.26. The van der Waals surface area contributed by atoms with Gasteiger partial charge >= 0.3 is 0 Å². The first-order valence-electron chi connectivity index (χ1n) is 10.3. The summed E-state index contributed by atoms with van der Waals surface area (Å²) in [4.78, 5) is 9.70. The molecule has 0 aliphatic heterocycles. The van der Waals surface area contributed by atoms with Crippen molar-refractivity contribution in [2.24, 2.45) is 0 Å². The fraction of sp³-hybridized carbons (Fsp3) is 0.333. The number of hydrogen-bond donors (Lipinski definition) is 0. The number of pyridine rings is 2. The predicted octanol–water partition coefficient (Wildman–Crippen LogP) is 5.96. The van der Waals surface area contributed by atoms with Crippen molar-refractivity contribution in [1.29, 1.82) is 0 Å². The van der Waals surface area contributed by atoms with E-state index in [2.05, 4.69) is 22.1 Å². The number of ether oxygens (including phenoxy) is 2. The lowest BCUT2D eigenvalue weighted by atomic mass is 10.1. The SMILES string of the molecule is c1cc(OC2CCCC2)cc(Sc2ncccc2OCCCc2ccncc2)c1. The molecule has 0 unspecified atom stereocenters. The summed E-state index contributed by atoms with van der Waals surface area (Å²) in [5.74, 6) is 1.77. The molecule has 0 radical (unpaired) electrons. The summed E-state index contributed by atoms with van der Waals surface area (Å²) in [5, 5.41) is 0.884. The molecule has 150 valence electrons. The molecule has 0 spiro atoms. The Morgan fingerprint density at radius 2 is 1.83 bits per heavy atom. The maximum absolute atomic E-state index is 6.14. The molecule has 0 atom stereocenters. The molecule has 1 fully saturated rings. The molecule has 2 heterocycles. The van der Waals surface area contributed by atoms with Gasteiger partial charge in [-0.2, -0.15) is 0 Å². The summed E-state index contributed by atoms with van der Waals surface area (Å²) in [5.41, 5.74) is 1.28. The monoisotopic (exact) mass is 406 g/mol. The van der Waals surface area contributed by atoms with Crippen LogP contribution in [0.1, 0.15) is 37.7 Å². The van der Waals surface area contributed by atoms with Crippen LogP contribution in [0.2, 0.25) is 0 Å². The second-order valence-electron chi connectivity index (χ2n) is 7.22. The van der Waals surface area contributed by atoms with Crippen molar-refractivity contribution in [3.63, 3.8) is 0 Å². The average molecular weight is 407 g/mol. The van der Waals surface area contributed by atoms with E-state index in [0.29, 0.717) is 12.7 Å². The van der Waals surface area contributed by atoms with Gasteiger partial charge in [-0.25, -0.2) is 4.98 Å². The summed E-state index contributed by atoms with van der Waals surface area (Å²) >= 11 is 1.62. The van der Waals surface area contributed by atoms with E-state index in [-0.39, 0.29) is 0 Å². The zero-order valence-corrected chi connectivity index (χ0v) is 17.3. The minimum atomic E-state index is 0.365. The van der Waals surface area contributed by atoms with Crippen LogP contribution in [-0.4, -0.2) is 22.7 Å². The first-order chi connectivity index (χ1) is 14.4. The van der Waals surface area contributed by atoms with Gasteiger partial charge < -0.3 is 9.47 Å². The minimum absolute atomic E-state index is 0.365. The fourth-order valence-electron chi connectivity index (χ4n) is 3.49. The molecule has 5 heteroatoms. The Labute approximate surface area is 176 Å². The molecule has 1 aromatic carbocycles. The normalized spacial score (nSPS) is 14.1. The Bertz CT molecular complexity index is 898. The lowest BCUT2D eigenvalue weighted by Crippen LogP contribution is -2.10. The van der Waals surface area contributed by atoms with E-state index in [0.717, 1.165) is 47.1 Å². The zero-order chi connectivity index (χ0) is 19.7. The highest BCUT2D eigenvalue weighted by Gasteiger charge is 2.16. The molecule has 4 rings (SSSR count). The maximum atomic E-state index is 6.14. The molecule has 2 aromatic heterocycles. The van der Waals surface area contributed by atoms with Gasteiger partial charge in [-0.1, -0.05) is 17.8 Å². The standard InChI is InChI=1S/C24H26N2O2S/c1-2-8-20(7-1)28-21-9-3-10-22(18-21)29-24-23(11-4-14-26-24)27-17-5-6-19-12-15-25-16-13-19/h3-4,9-16,18,20H,1-2,5-8,17H2. The number of benzene rings is 1. The molecule has 0 saturated heterocycles. The molecule has 0 N–H and O–H groups in total. The quantitative estimate of drug-likeness (QED) is 0.410. The van der Waals surface area contributed by atoms with Crippen LogP contribution in [0, 0.1) is 0 Å². The third kappa shape index (κ3) is 5.97. The lowest BCUT2D eigenvalue weighted by Gasteiger charge is -2.14. The molecular weight excluding hydrogens is 380 g/mol. The van der Waals surface area contributed by atoms with Gasteiger partial charge in [0.2, 0.25) is 0 Å². The van der Waals surface area contributed by atoms with Gasteiger partial charge in [0, 0.05) is 23.5 Å². The summed E-state index contributed by atoms with van der Waals surface area (Å²) in [6.07, 6.45) is 12.6. The number of aromatic nitrogens is 2. The van der Waals surface area contributed by atoms with E-state index < -0.39 is 0 Å². The lowest BCUT2D eigenvalue weighted by molar-refractivity contribution is 0.209. The Hall–Kier alpha value is -2.53. The second kappa shape index (κ2) is 10.3. The molecular formula is C24H26N2O2S. The van der Waals surface area contributed by atoms with E-state index in [9.17, 15) is 0 Å². The maximum Gasteiger partial charge on any atom is 0.151 e. The van der Waals surface area contributed by atoms with Crippen molar-refractivity contribution in [3.8, 4) is 11.5 Å². The number of rotatable bonds is 9. The van der Waals surface area contributed by atoms with Crippen LogP contribution in [0.5, 0.6) is 11.5 Å². The van der Waals surface area contributed by atoms with E-state index in [1.54, 1.807) is 11.8 Å². The molecule has 1 aliphatic carbocycles. The van der Waals surface area contributed by atoms with Crippen LogP contribution >= 0.6 is 11.8 Å². The fourth-order valence-corrected chi connectivity index (χ4v) is 4.38. The highest BCUT2D eigenvalue weighted by molar-refractivity contribution is 7.99. The van der Waals surface area contributed by atoms with E-state index in [4.69, 9.17) is 9.47 Å². The second-order valence-corrected chi connectivity index (χ2v) is 8.28. The molecule has 1 saturated carbocycles. The molecule has 0 amide bonds. The summed E-state index contributed by atoms with van der Waals surface area (Å²) in [7, 11) is 0. The third-order valence-corrected chi connectivity index (χ3v) is 5.97. The Kier molecular flexibility index (Phi) is 7.03. The van der Waals surface area contributed by atoms with Crippen molar-refractivity contribution in [3.05, 3.63) is 72.7 Å². The minimum Gasteiger partial charge on any atom is -0.491 e.